The Labute approximate surface area is 231 Å². The Bertz CT molecular complexity index is 951. The molecular formula is C31H53N3O4. The molecule has 216 valence electrons. The molecule has 0 bridgehead atoms. The summed E-state index contributed by atoms with van der Waals surface area (Å²) < 4.78 is 5.51. The van der Waals surface area contributed by atoms with Crippen LogP contribution in [0.3, 0.4) is 0 Å². The van der Waals surface area contributed by atoms with Crippen LogP contribution in [-0.4, -0.2) is 46.0 Å². The van der Waals surface area contributed by atoms with E-state index in [4.69, 9.17) is 4.74 Å². The molecule has 0 radical (unpaired) electrons. The zero-order chi connectivity index (χ0) is 29.4. The molecule has 7 nitrogen and oxygen atoms in total. The van der Waals surface area contributed by atoms with Gasteiger partial charge >= 0.3 is 6.09 Å². The first kappa shape index (κ1) is 33.5. The molecule has 0 aromatic heterocycles. The molecule has 0 aliphatic heterocycles. The lowest BCUT2D eigenvalue weighted by Crippen LogP contribution is -2.61. The molecule has 1 rings (SSSR count). The van der Waals surface area contributed by atoms with E-state index in [2.05, 4.69) is 17.6 Å². The van der Waals surface area contributed by atoms with Crippen LogP contribution in [0.5, 0.6) is 0 Å². The molecule has 4 atom stereocenters. The van der Waals surface area contributed by atoms with Crippen LogP contribution in [0.4, 0.5) is 4.79 Å². The molecule has 4 unspecified atom stereocenters. The summed E-state index contributed by atoms with van der Waals surface area (Å²) >= 11 is 0. The SMILES string of the molecule is CCCC(C)NC(=O)C(c1cccc(C)c1C)N(C(=O)C(NC(=O)OC(C)(C)C)C(C)CC)C(C)(C)CC. The van der Waals surface area contributed by atoms with Crippen molar-refractivity contribution in [3.05, 3.63) is 34.9 Å². The van der Waals surface area contributed by atoms with Crippen LogP contribution in [-0.2, 0) is 14.3 Å². The van der Waals surface area contributed by atoms with E-state index >= 15 is 0 Å². The average Bonchev–Trinajstić information content (AvgIpc) is 2.80. The molecule has 0 saturated heterocycles. The number of aryl methyl sites for hydroxylation is 1. The number of carbonyl (C=O) groups excluding carboxylic acids is 3. The maximum atomic E-state index is 14.6. The highest BCUT2D eigenvalue weighted by molar-refractivity contribution is 5.93. The zero-order valence-electron chi connectivity index (χ0n) is 26.0. The summed E-state index contributed by atoms with van der Waals surface area (Å²) in [5, 5.41) is 6.02. The zero-order valence-corrected chi connectivity index (χ0v) is 26.0. The van der Waals surface area contributed by atoms with Gasteiger partial charge < -0.3 is 20.3 Å². The van der Waals surface area contributed by atoms with Crippen LogP contribution in [0.2, 0.25) is 0 Å². The number of amides is 3. The minimum atomic E-state index is -0.858. The van der Waals surface area contributed by atoms with E-state index in [9.17, 15) is 14.4 Å². The Hall–Kier alpha value is -2.57. The number of hydrogen-bond donors (Lipinski definition) is 2. The summed E-state index contributed by atoms with van der Waals surface area (Å²) in [4.78, 5) is 43.2. The largest absolute Gasteiger partial charge is 0.444 e. The number of benzene rings is 1. The molecule has 2 N–H and O–H groups in total. The molecular weight excluding hydrogens is 478 g/mol. The average molecular weight is 532 g/mol. The van der Waals surface area contributed by atoms with Gasteiger partial charge in [0, 0.05) is 11.6 Å². The van der Waals surface area contributed by atoms with E-state index < -0.39 is 29.3 Å². The first-order valence-electron chi connectivity index (χ1n) is 14.2. The summed E-state index contributed by atoms with van der Waals surface area (Å²) in [5.74, 6) is -0.678. The normalized spacial score (nSPS) is 15.2. The third-order valence-corrected chi connectivity index (χ3v) is 7.46. The van der Waals surface area contributed by atoms with Gasteiger partial charge in [-0.3, -0.25) is 9.59 Å². The van der Waals surface area contributed by atoms with Crippen molar-refractivity contribution in [2.24, 2.45) is 5.92 Å². The summed E-state index contributed by atoms with van der Waals surface area (Å²) in [6, 6.07) is 4.13. The molecule has 1 aromatic rings. The van der Waals surface area contributed by atoms with Crippen molar-refractivity contribution in [3.8, 4) is 0 Å². The predicted molar refractivity (Wildman–Crippen MR) is 155 cm³/mol. The van der Waals surface area contributed by atoms with Gasteiger partial charge in [0.25, 0.3) is 0 Å². The van der Waals surface area contributed by atoms with Crippen LogP contribution < -0.4 is 10.6 Å². The maximum absolute atomic E-state index is 14.6. The Balaban J connectivity index is 3.77. The monoisotopic (exact) mass is 531 g/mol. The number of nitrogens with zero attached hydrogens (tertiary/aromatic N) is 1. The van der Waals surface area contributed by atoms with Gasteiger partial charge in [-0.05, 0) is 90.8 Å². The lowest BCUT2D eigenvalue weighted by molar-refractivity contribution is -0.150. The third-order valence-electron chi connectivity index (χ3n) is 7.46. The second kappa shape index (κ2) is 14.0. The predicted octanol–water partition coefficient (Wildman–Crippen LogP) is 6.61. The van der Waals surface area contributed by atoms with E-state index in [1.165, 1.54) is 0 Å². The molecule has 3 amide bonds. The highest BCUT2D eigenvalue weighted by Crippen LogP contribution is 2.35. The molecule has 0 aliphatic carbocycles. The van der Waals surface area contributed by atoms with Crippen LogP contribution >= 0.6 is 0 Å². The van der Waals surface area contributed by atoms with Gasteiger partial charge in [0.05, 0.1) is 0 Å². The summed E-state index contributed by atoms with van der Waals surface area (Å²) in [6.07, 6.45) is 2.42. The topological polar surface area (TPSA) is 87.7 Å². The third kappa shape index (κ3) is 9.02. The first-order chi connectivity index (χ1) is 17.5. The highest BCUT2D eigenvalue weighted by Gasteiger charge is 2.44. The van der Waals surface area contributed by atoms with Crippen LogP contribution in [0.25, 0.3) is 0 Å². The Morgan fingerprint density at radius 1 is 0.974 bits per heavy atom. The second-order valence-corrected chi connectivity index (χ2v) is 12.3. The van der Waals surface area contributed by atoms with E-state index in [0.717, 1.165) is 29.5 Å². The molecule has 0 spiro atoms. The van der Waals surface area contributed by atoms with Gasteiger partial charge in [-0.1, -0.05) is 58.7 Å². The van der Waals surface area contributed by atoms with Gasteiger partial charge in [-0.25, -0.2) is 4.79 Å². The Morgan fingerprint density at radius 3 is 2.08 bits per heavy atom. The highest BCUT2D eigenvalue weighted by atomic mass is 16.6. The summed E-state index contributed by atoms with van der Waals surface area (Å²) in [5.41, 5.74) is 1.44. The minimum absolute atomic E-state index is 0.0351. The van der Waals surface area contributed by atoms with Crippen molar-refractivity contribution in [2.75, 3.05) is 0 Å². The molecule has 7 heteroatoms. The van der Waals surface area contributed by atoms with Crippen LogP contribution in [0.1, 0.15) is 118 Å². The van der Waals surface area contributed by atoms with Crippen molar-refractivity contribution in [1.82, 2.24) is 15.5 Å². The molecule has 0 heterocycles. The van der Waals surface area contributed by atoms with Crippen molar-refractivity contribution in [1.29, 1.82) is 0 Å². The minimum Gasteiger partial charge on any atom is -0.444 e. The molecule has 1 aromatic carbocycles. The van der Waals surface area contributed by atoms with Crippen molar-refractivity contribution >= 4 is 17.9 Å². The molecule has 0 fully saturated rings. The van der Waals surface area contributed by atoms with Crippen LogP contribution in [0.15, 0.2) is 18.2 Å². The lowest BCUT2D eigenvalue weighted by atomic mass is 9.87. The van der Waals surface area contributed by atoms with Crippen molar-refractivity contribution < 1.29 is 19.1 Å². The maximum Gasteiger partial charge on any atom is 0.408 e. The number of ether oxygens (including phenoxy) is 1. The number of hydrogen-bond acceptors (Lipinski definition) is 4. The smallest absolute Gasteiger partial charge is 0.408 e. The summed E-state index contributed by atoms with van der Waals surface area (Å²) in [7, 11) is 0. The molecule has 38 heavy (non-hydrogen) atoms. The first-order valence-corrected chi connectivity index (χ1v) is 14.2. The van der Waals surface area contributed by atoms with Gasteiger partial charge in [0.15, 0.2) is 0 Å². The van der Waals surface area contributed by atoms with E-state index in [1.807, 2.05) is 73.6 Å². The summed E-state index contributed by atoms with van der Waals surface area (Å²) in [6.45, 7) is 23.3. The van der Waals surface area contributed by atoms with Gasteiger partial charge in [0.1, 0.15) is 17.7 Å². The quantitative estimate of drug-likeness (QED) is 0.318. The van der Waals surface area contributed by atoms with Crippen molar-refractivity contribution in [3.63, 3.8) is 0 Å². The standard InChI is InChI=1S/C31H53N3O4/c1-13-17-22(6)32-27(35)26(24-19-16-18-21(5)23(24)7)34(31(11,12)15-3)28(36)25(20(4)14-2)33-29(37)38-30(8,9)10/h16,18-20,22,25-26H,13-15,17H2,1-12H3,(H,32,35)(H,33,37). The Kier molecular flexibility index (Phi) is 12.3. The van der Waals surface area contributed by atoms with Gasteiger partial charge in [0.2, 0.25) is 11.8 Å². The van der Waals surface area contributed by atoms with Gasteiger partial charge in [-0.2, -0.15) is 0 Å². The van der Waals surface area contributed by atoms with Crippen molar-refractivity contribution in [2.45, 2.75) is 138 Å². The fraction of sp³-hybridized carbons (Fsp3) is 0.710. The number of rotatable bonds is 12. The number of nitrogens with one attached hydrogen (secondary N) is 2. The number of alkyl carbamates (subject to hydrolysis) is 1. The second-order valence-electron chi connectivity index (χ2n) is 12.3. The fourth-order valence-electron chi connectivity index (χ4n) is 4.51. The Morgan fingerprint density at radius 2 is 1.58 bits per heavy atom. The fourth-order valence-corrected chi connectivity index (χ4v) is 4.51. The van der Waals surface area contributed by atoms with E-state index in [-0.39, 0.29) is 23.8 Å². The van der Waals surface area contributed by atoms with Gasteiger partial charge in [-0.15, -0.1) is 0 Å². The number of carbonyl (C=O) groups is 3. The van der Waals surface area contributed by atoms with Crippen LogP contribution in [0, 0.1) is 19.8 Å². The molecule has 0 aliphatic rings. The van der Waals surface area contributed by atoms with E-state index in [1.54, 1.807) is 25.7 Å². The molecule has 0 saturated carbocycles. The lowest BCUT2D eigenvalue weighted by Gasteiger charge is -2.46. The van der Waals surface area contributed by atoms with E-state index in [0.29, 0.717) is 12.8 Å².